The van der Waals surface area contributed by atoms with Gasteiger partial charge in [-0.15, -0.1) is 0 Å². The summed E-state index contributed by atoms with van der Waals surface area (Å²) >= 11 is 0. The van der Waals surface area contributed by atoms with Crippen LogP contribution in [0, 0.1) is 12.7 Å². The number of aliphatic hydroxyl groups excluding tert-OH is 1. The molecule has 1 aromatic heterocycles. The molecule has 0 radical (unpaired) electrons. The van der Waals surface area contributed by atoms with Gasteiger partial charge >= 0.3 is 0 Å². The molecular weight excluding hydrogens is 311 g/mol. The van der Waals surface area contributed by atoms with E-state index in [9.17, 15) is 14.3 Å². The number of pyridine rings is 1. The zero-order valence-electron chi connectivity index (χ0n) is 13.6. The number of carbonyl (C=O) groups is 1. The van der Waals surface area contributed by atoms with Gasteiger partial charge in [-0.05, 0) is 37.1 Å². The number of hydrogen-bond acceptors (Lipinski definition) is 4. The fraction of sp³-hybridized carbons (Fsp3) is 0.333. The van der Waals surface area contributed by atoms with Crippen LogP contribution < -0.4 is 4.74 Å². The van der Waals surface area contributed by atoms with Crippen LogP contribution in [0.4, 0.5) is 4.39 Å². The highest BCUT2D eigenvalue weighted by molar-refractivity contribution is 5.79. The van der Waals surface area contributed by atoms with E-state index < -0.39 is 11.9 Å². The van der Waals surface area contributed by atoms with Crippen LogP contribution in [0.15, 0.2) is 36.5 Å². The van der Waals surface area contributed by atoms with Gasteiger partial charge in [-0.1, -0.05) is 12.1 Å². The van der Waals surface area contributed by atoms with E-state index in [-0.39, 0.29) is 30.0 Å². The molecule has 1 aliphatic rings. The maximum atomic E-state index is 13.8. The number of aromatic nitrogens is 1. The van der Waals surface area contributed by atoms with Gasteiger partial charge in [0.2, 0.25) is 11.8 Å². The molecule has 6 heteroatoms. The minimum Gasteiger partial charge on any atom is -0.436 e. The standard InChI is InChI=1S/C18H19FN2O3/c1-11-3-5-16(14(19)7-11)24-17-6-4-13(9-20-17)10-21-12(2)15(22)8-18(21)23/h3-7,9,12,15,22H,8,10H2,1-2H3/t12-,15-/m0/s1. The first-order valence-corrected chi connectivity index (χ1v) is 7.80. The fourth-order valence-corrected chi connectivity index (χ4v) is 2.70. The van der Waals surface area contributed by atoms with Gasteiger partial charge < -0.3 is 14.7 Å². The first kappa shape index (κ1) is 16.4. The number of aliphatic hydroxyl groups is 1. The lowest BCUT2D eigenvalue weighted by atomic mass is 10.2. The van der Waals surface area contributed by atoms with E-state index in [1.807, 2.05) is 6.92 Å². The predicted molar refractivity (Wildman–Crippen MR) is 86.1 cm³/mol. The lowest BCUT2D eigenvalue weighted by Crippen LogP contribution is -2.33. The lowest BCUT2D eigenvalue weighted by molar-refractivity contribution is -0.129. The van der Waals surface area contributed by atoms with Crippen LogP contribution in [0.5, 0.6) is 11.6 Å². The second-order valence-corrected chi connectivity index (χ2v) is 6.07. The molecule has 1 amide bonds. The maximum Gasteiger partial charge on any atom is 0.225 e. The van der Waals surface area contributed by atoms with Gasteiger partial charge in [-0.25, -0.2) is 9.37 Å². The van der Waals surface area contributed by atoms with Gasteiger partial charge in [0.1, 0.15) is 0 Å². The van der Waals surface area contributed by atoms with Crippen molar-refractivity contribution in [3.05, 3.63) is 53.5 Å². The molecule has 0 spiro atoms. The molecule has 0 unspecified atom stereocenters. The Balaban J connectivity index is 1.68. The average molecular weight is 330 g/mol. The fourth-order valence-electron chi connectivity index (χ4n) is 2.70. The molecule has 2 heterocycles. The zero-order chi connectivity index (χ0) is 17.3. The number of hydrogen-bond donors (Lipinski definition) is 1. The summed E-state index contributed by atoms with van der Waals surface area (Å²) in [6, 6.07) is 7.92. The number of likely N-dealkylation sites (tertiary alicyclic amines) is 1. The van der Waals surface area contributed by atoms with E-state index in [0.717, 1.165) is 11.1 Å². The lowest BCUT2D eigenvalue weighted by Gasteiger charge is -2.22. The number of halogens is 1. The second-order valence-electron chi connectivity index (χ2n) is 6.07. The van der Waals surface area contributed by atoms with Crippen molar-refractivity contribution in [1.29, 1.82) is 0 Å². The molecule has 0 aliphatic carbocycles. The van der Waals surface area contributed by atoms with E-state index >= 15 is 0 Å². The zero-order valence-corrected chi connectivity index (χ0v) is 13.6. The summed E-state index contributed by atoms with van der Waals surface area (Å²) in [5.74, 6) is -0.113. The third kappa shape index (κ3) is 3.38. The molecule has 1 aliphatic heterocycles. The first-order chi connectivity index (χ1) is 11.4. The largest absolute Gasteiger partial charge is 0.436 e. The smallest absolute Gasteiger partial charge is 0.225 e. The molecular formula is C18H19FN2O3. The van der Waals surface area contributed by atoms with E-state index in [2.05, 4.69) is 4.98 Å². The van der Waals surface area contributed by atoms with Crippen LogP contribution in [0.3, 0.4) is 0 Å². The number of ether oxygens (including phenoxy) is 1. The normalized spacial score (nSPS) is 20.5. The van der Waals surface area contributed by atoms with Crippen molar-refractivity contribution in [2.24, 2.45) is 0 Å². The highest BCUT2D eigenvalue weighted by atomic mass is 19.1. The van der Waals surface area contributed by atoms with Crippen molar-refractivity contribution in [3.8, 4) is 11.6 Å². The summed E-state index contributed by atoms with van der Waals surface area (Å²) in [5, 5.41) is 9.74. The number of nitrogens with zero attached hydrogens (tertiary/aromatic N) is 2. The Morgan fingerprint density at radius 1 is 1.38 bits per heavy atom. The summed E-state index contributed by atoms with van der Waals surface area (Å²) < 4.78 is 19.2. The van der Waals surface area contributed by atoms with Crippen LogP contribution >= 0.6 is 0 Å². The monoisotopic (exact) mass is 330 g/mol. The number of aryl methyl sites for hydroxylation is 1. The number of rotatable bonds is 4. The quantitative estimate of drug-likeness (QED) is 0.936. The highest BCUT2D eigenvalue weighted by Crippen LogP contribution is 2.25. The van der Waals surface area contributed by atoms with Crippen LogP contribution in [0.1, 0.15) is 24.5 Å². The molecule has 1 aromatic carbocycles. The Kier molecular flexibility index (Phi) is 4.49. The minimum absolute atomic E-state index is 0.0722. The molecule has 2 atom stereocenters. The first-order valence-electron chi connectivity index (χ1n) is 7.80. The van der Waals surface area contributed by atoms with E-state index in [4.69, 9.17) is 4.74 Å². The van der Waals surface area contributed by atoms with Gasteiger partial charge in [-0.2, -0.15) is 0 Å². The number of amides is 1. The summed E-state index contributed by atoms with van der Waals surface area (Å²) in [7, 11) is 0. The van der Waals surface area contributed by atoms with Crippen molar-refractivity contribution in [2.45, 2.75) is 39.0 Å². The second kappa shape index (κ2) is 6.57. The molecule has 3 rings (SSSR count). The Hall–Kier alpha value is -2.47. The summed E-state index contributed by atoms with van der Waals surface area (Å²) in [5.41, 5.74) is 1.63. The van der Waals surface area contributed by atoms with Crippen molar-refractivity contribution in [2.75, 3.05) is 0 Å². The average Bonchev–Trinajstić information content (AvgIpc) is 2.78. The molecule has 24 heavy (non-hydrogen) atoms. The topological polar surface area (TPSA) is 62.7 Å². The van der Waals surface area contributed by atoms with E-state index in [1.165, 1.54) is 6.07 Å². The SMILES string of the molecule is Cc1ccc(Oc2ccc(CN3C(=O)C[C@H](O)[C@@H]3C)cn2)c(F)c1. The third-order valence-corrected chi connectivity index (χ3v) is 4.20. The molecule has 2 aromatic rings. The summed E-state index contributed by atoms with van der Waals surface area (Å²) in [4.78, 5) is 17.6. The van der Waals surface area contributed by atoms with Gasteiger partial charge in [0.25, 0.3) is 0 Å². The molecule has 1 saturated heterocycles. The van der Waals surface area contributed by atoms with Gasteiger partial charge in [-0.3, -0.25) is 4.79 Å². The summed E-state index contributed by atoms with van der Waals surface area (Å²) in [6.07, 6.45) is 1.12. The highest BCUT2D eigenvalue weighted by Gasteiger charge is 2.35. The Morgan fingerprint density at radius 2 is 2.17 bits per heavy atom. The molecule has 0 saturated carbocycles. The van der Waals surface area contributed by atoms with Crippen LogP contribution in [0.25, 0.3) is 0 Å². The van der Waals surface area contributed by atoms with Crippen molar-refractivity contribution < 1.29 is 19.0 Å². The van der Waals surface area contributed by atoms with Crippen LogP contribution in [0.2, 0.25) is 0 Å². The number of benzene rings is 1. The molecule has 1 fully saturated rings. The Bertz CT molecular complexity index is 748. The molecule has 0 bridgehead atoms. The molecule has 126 valence electrons. The summed E-state index contributed by atoms with van der Waals surface area (Å²) in [6.45, 7) is 4.00. The van der Waals surface area contributed by atoms with Crippen molar-refractivity contribution >= 4 is 5.91 Å². The minimum atomic E-state index is -0.627. The Labute approximate surface area is 139 Å². The van der Waals surface area contributed by atoms with Crippen LogP contribution in [-0.2, 0) is 11.3 Å². The molecule has 5 nitrogen and oxygen atoms in total. The Morgan fingerprint density at radius 3 is 2.75 bits per heavy atom. The van der Waals surface area contributed by atoms with Crippen LogP contribution in [-0.4, -0.2) is 33.0 Å². The van der Waals surface area contributed by atoms with E-state index in [1.54, 1.807) is 42.3 Å². The molecule has 1 N–H and O–H groups in total. The van der Waals surface area contributed by atoms with E-state index in [0.29, 0.717) is 6.54 Å². The number of carbonyl (C=O) groups excluding carboxylic acids is 1. The van der Waals surface area contributed by atoms with Crippen molar-refractivity contribution in [3.63, 3.8) is 0 Å². The maximum absolute atomic E-state index is 13.8. The van der Waals surface area contributed by atoms with Gasteiger partial charge in [0, 0.05) is 18.8 Å². The van der Waals surface area contributed by atoms with Gasteiger partial charge in [0.05, 0.1) is 18.6 Å². The van der Waals surface area contributed by atoms with Crippen molar-refractivity contribution in [1.82, 2.24) is 9.88 Å². The predicted octanol–water partition coefficient (Wildman–Crippen LogP) is 2.80. The van der Waals surface area contributed by atoms with Gasteiger partial charge in [0.15, 0.2) is 11.6 Å². The third-order valence-electron chi connectivity index (χ3n) is 4.20.